The number of rotatable bonds is 3. The van der Waals surface area contributed by atoms with Gasteiger partial charge in [-0.3, -0.25) is 0 Å². The highest BCUT2D eigenvalue weighted by Crippen LogP contribution is 2.19. The molecular weight excluding hydrogens is 316 g/mol. The van der Waals surface area contributed by atoms with E-state index in [9.17, 15) is 13.2 Å². The number of hydrogen-bond acceptors (Lipinski definition) is 5. The lowest BCUT2D eigenvalue weighted by atomic mass is 10.1. The number of nitrogens with zero attached hydrogens (tertiary/aromatic N) is 2. The van der Waals surface area contributed by atoms with E-state index in [0.29, 0.717) is 12.1 Å². The Morgan fingerprint density at radius 3 is 2.61 bits per heavy atom. The standard InChI is InChI=1S/C15H22N4O3S/c20-15(18-13-6-9-23(21,22)11-13)17-12-4-5-14(16-10-12)19-7-2-1-3-8-19/h4-5,10,13H,1-3,6-9,11H2,(H2,17,18,20)/t13-/m0/s1. The van der Waals surface area contributed by atoms with Gasteiger partial charge in [-0.25, -0.2) is 18.2 Å². The zero-order valence-electron chi connectivity index (χ0n) is 13.0. The molecule has 0 saturated carbocycles. The molecule has 0 aliphatic carbocycles. The maximum Gasteiger partial charge on any atom is 0.319 e. The summed E-state index contributed by atoms with van der Waals surface area (Å²) in [4.78, 5) is 18.6. The molecule has 2 fully saturated rings. The van der Waals surface area contributed by atoms with Gasteiger partial charge in [-0.05, 0) is 37.8 Å². The van der Waals surface area contributed by atoms with Crippen LogP contribution >= 0.6 is 0 Å². The summed E-state index contributed by atoms with van der Waals surface area (Å²) in [6.45, 7) is 2.05. The number of urea groups is 1. The molecule has 2 aliphatic heterocycles. The molecule has 2 amide bonds. The van der Waals surface area contributed by atoms with Gasteiger partial charge >= 0.3 is 6.03 Å². The topological polar surface area (TPSA) is 91.4 Å². The molecule has 3 rings (SSSR count). The number of carbonyl (C=O) groups is 1. The molecule has 3 heterocycles. The van der Waals surface area contributed by atoms with Gasteiger partial charge in [0.05, 0.1) is 23.4 Å². The highest BCUT2D eigenvalue weighted by molar-refractivity contribution is 7.91. The van der Waals surface area contributed by atoms with Crippen molar-refractivity contribution >= 4 is 27.4 Å². The number of amides is 2. The molecule has 2 aliphatic rings. The Balaban J connectivity index is 1.52. The van der Waals surface area contributed by atoms with Crippen LogP contribution < -0.4 is 15.5 Å². The second kappa shape index (κ2) is 6.74. The van der Waals surface area contributed by atoms with Crippen molar-refractivity contribution in [3.8, 4) is 0 Å². The van der Waals surface area contributed by atoms with E-state index in [1.165, 1.54) is 19.3 Å². The molecule has 2 saturated heterocycles. The first-order valence-corrected chi connectivity index (χ1v) is 9.83. The van der Waals surface area contributed by atoms with Gasteiger partial charge in [-0.2, -0.15) is 0 Å². The third-order valence-corrected chi connectivity index (χ3v) is 6.02. The van der Waals surface area contributed by atoms with Gasteiger partial charge in [0, 0.05) is 19.1 Å². The molecule has 2 N–H and O–H groups in total. The van der Waals surface area contributed by atoms with Gasteiger partial charge in [-0.15, -0.1) is 0 Å². The molecule has 1 aromatic rings. The summed E-state index contributed by atoms with van der Waals surface area (Å²) < 4.78 is 22.8. The minimum absolute atomic E-state index is 0.0204. The predicted molar refractivity (Wildman–Crippen MR) is 89.5 cm³/mol. The van der Waals surface area contributed by atoms with E-state index in [1.807, 2.05) is 12.1 Å². The highest BCUT2D eigenvalue weighted by Gasteiger charge is 2.28. The van der Waals surface area contributed by atoms with Crippen LogP contribution in [0.1, 0.15) is 25.7 Å². The quantitative estimate of drug-likeness (QED) is 0.869. The average molecular weight is 338 g/mol. The first kappa shape index (κ1) is 16.0. The van der Waals surface area contributed by atoms with Crippen molar-refractivity contribution in [1.29, 1.82) is 0 Å². The lowest BCUT2D eigenvalue weighted by Gasteiger charge is -2.27. The number of hydrogen-bond donors (Lipinski definition) is 2. The number of pyridine rings is 1. The number of anilines is 2. The van der Waals surface area contributed by atoms with Gasteiger partial charge in [-0.1, -0.05) is 0 Å². The van der Waals surface area contributed by atoms with Crippen molar-refractivity contribution in [3.63, 3.8) is 0 Å². The molecule has 1 aromatic heterocycles. The maximum absolute atomic E-state index is 11.9. The van der Waals surface area contributed by atoms with Crippen molar-refractivity contribution < 1.29 is 13.2 Å². The number of piperidine rings is 1. The van der Waals surface area contributed by atoms with Gasteiger partial charge in [0.15, 0.2) is 9.84 Å². The van der Waals surface area contributed by atoms with Gasteiger partial charge in [0.25, 0.3) is 0 Å². The molecule has 0 bridgehead atoms. The number of aromatic nitrogens is 1. The molecule has 23 heavy (non-hydrogen) atoms. The molecule has 7 nitrogen and oxygen atoms in total. The maximum atomic E-state index is 11.9. The molecule has 0 aromatic carbocycles. The van der Waals surface area contributed by atoms with Gasteiger partial charge in [0.2, 0.25) is 0 Å². The normalized spacial score (nSPS) is 23.5. The Labute approximate surface area is 136 Å². The minimum atomic E-state index is -2.99. The van der Waals surface area contributed by atoms with E-state index in [0.717, 1.165) is 18.9 Å². The Kier molecular flexibility index (Phi) is 4.70. The van der Waals surface area contributed by atoms with Crippen LogP contribution in [0, 0.1) is 0 Å². The van der Waals surface area contributed by atoms with Crippen molar-refractivity contribution in [2.45, 2.75) is 31.7 Å². The van der Waals surface area contributed by atoms with E-state index in [-0.39, 0.29) is 23.6 Å². The summed E-state index contributed by atoms with van der Waals surface area (Å²) in [5.74, 6) is 1.09. The van der Waals surface area contributed by atoms with Crippen LogP contribution in [0.25, 0.3) is 0 Å². The first-order valence-electron chi connectivity index (χ1n) is 8.01. The summed E-state index contributed by atoms with van der Waals surface area (Å²) in [5, 5.41) is 5.39. The average Bonchev–Trinajstić information content (AvgIpc) is 2.87. The Morgan fingerprint density at radius 1 is 1.22 bits per heavy atom. The van der Waals surface area contributed by atoms with Crippen LogP contribution in [0.2, 0.25) is 0 Å². The zero-order chi connectivity index (χ0) is 16.3. The van der Waals surface area contributed by atoms with Crippen LogP contribution in [0.5, 0.6) is 0 Å². The molecular formula is C15H22N4O3S. The van der Waals surface area contributed by atoms with E-state index < -0.39 is 9.84 Å². The fourth-order valence-electron chi connectivity index (χ4n) is 3.03. The number of nitrogens with one attached hydrogen (secondary N) is 2. The lowest BCUT2D eigenvalue weighted by molar-refractivity contribution is 0.249. The number of carbonyl (C=O) groups excluding carboxylic acids is 1. The Hall–Kier alpha value is -1.83. The van der Waals surface area contributed by atoms with E-state index in [1.54, 1.807) is 6.20 Å². The zero-order valence-corrected chi connectivity index (χ0v) is 13.8. The van der Waals surface area contributed by atoms with E-state index in [4.69, 9.17) is 0 Å². The molecule has 1 atom stereocenters. The number of sulfone groups is 1. The summed E-state index contributed by atoms with van der Waals surface area (Å²) in [7, 11) is -2.99. The third kappa shape index (κ3) is 4.34. The monoisotopic (exact) mass is 338 g/mol. The molecule has 0 unspecified atom stereocenters. The fraction of sp³-hybridized carbons (Fsp3) is 0.600. The second-order valence-electron chi connectivity index (χ2n) is 6.15. The largest absolute Gasteiger partial charge is 0.357 e. The molecule has 0 radical (unpaired) electrons. The first-order chi connectivity index (χ1) is 11.0. The van der Waals surface area contributed by atoms with Crippen LogP contribution in [0.4, 0.5) is 16.3 Å². The lowest BCUT2D eigenvalue weighted by Crippen LogP contribution is -2.38. The minimum Gasteiger partial charge on any atom is -0.357 e. The predicted octanol–water partition coefficient (Wildman–Crippen LogP) is 1.38. The third-order valence-electron chi connectivity index (χ3n) is 4.25. The van der Waals surface area contributed by atoms with Gasteiger partial charge < -0.3 is 15.5 Å². The Morgan fingerprint density at radius 2 is 2.00 bits per heavy atom. The van der Waals surface area contributed by atoms with Crippen molar-refractivity contribution in [3.05, 3.63) is 18.3 Å². The van der Waals surface area contributed by atoms with E-state index in [2.05, 4.69) is 20.5 Å². The molecule has 8 heteroatoms. The van der Waals surface area contributed by atoms with Crippen LogP contribution in [0.3, 0.4) is 0 Å². The van der Waals surface area contributed by atoms with Crippen molar-refractivity contribution in [2.75, 3.05) is 34.8 Å². The van der Waals surface area contributed by atoms with Crippen LogP contribution in [-0.2, 0) is 9.84 Å². The molecule has 0 spiro atoms. The highest BCUT2D eigenvalue weighted by atomic mass is 32.2. The van der Waals surface area contributed by atoms with E-state index >= 15 is 0 Å². The summed E-state index contributed by atoms with van der Waals surface area (Å²) in [5.41, 5.74) is 0.601. The fourth-order valence-corrected chi connectivity index (χ4v) is 4.70. The van der Waals surface area contributed by atoms with Crippen molar-refractivity contribution in [2.24, 2.45) is 0 Å². The van der Waals surface area contributed by atoms with Gasteiger partial charge in [0.1, 0.15) is 5.82 Å². The summed E-state index contributed by atoms with van der Waals surface area (Å²) in [6, 6.07) is 3.03. The van der Waals surface area contributed by atoms with Crippen LogP contribution in [-0.4, -0.2) is 50.1 Å². The smallest absolute Gasteiger partial charge is 0.319 e. The summed E-state index contributed by atoms with van der Waals surface area (Å²) in [6.07, 6.45) is 5.76. The second-order valence-corrected chi connectivity index (χ2v) is 8.38. The SMILES string of the molecule is O=C(Nc1ccc(N2CCCCC2)nc1)N[C@H]1CCS(=O)(=O)C1. The van der Waals surface area contributed by atoms with Crippen LogP contribution in [0.15, 0.2) is 18.3 Å². The van der Waals surface area contributed by atoms with Crippen molar-refractivity contribution in [1.82, 2.24) is 10.3 Å². The molecule has 126 valence electrons. The summed E-state index contributed by atoms with van der Waals surface area (Å²) >= 11 is 0. The Bertz CT molecular complexity index is 654.